The van der Waals surface area contributed by atoms with Crippen molar-refractivity contribution in [3.8, 4) is 0 Å². The zero-order valence-corrected chi connectivity index (χ0v) is 11.4. The summed E-state index contributed by atoms with van der Waals surface area (Å²) in [5, 5.41) is 12.4. The van der Waals surface area contributed by atoms with Gasteiger partial charge in [-0.25, -0.2) is 4.79 Å². The second kappa shape index (κ2) is 5.00. The minimum absolute atomic E-state index is 0.321. The standard InChI is InChI=1S/C17H17NO2/c1-11-9-14(17(19)20)6-8-16(11)18-15-7-5-12-3-2-4-13(12)10-15/h5-10,18H,2-4H2,1H3,(H,19,20). The summed E-state index contributed by atoms with van der Waals surface area (Å²) >= 11 is 0. The van der Waals surface area contributed by atoms with E-state index in [-0.39, 0.29) is 0 Å². The highest BCUT2D eigenvalue weighted by Gasteiger charge is 2.11. The number of carboxylic acid groups (broad SMARTS) is 1. The summed E-state index contributed by atoms with van der Waals surface area (Å²) in [6, 6.07) is 11.6. The van der Waals surface area contributed by atoms with Crippen LogP contribution in [0.5, 0.6) is 0 Å². The number of benzene rings is 2. The fraction of sp³-hybridized carbons (Fsp3) is 0.235. The van der Waals surface area contributed by atoms with Crippen LogP contribution in [0.25, 0.3) is 0 Å². The van der Waals surface area contributed by atoms with E-state index >= 15 is 0 Å². The summed E-state index contributed by atoms with van der Waals surface area (Å²) in [5.74, 6) is -0.891. The van der Waals surface area contributed by atoms with E-state index in [4.69, 9.17) is 5.11 Å². The Balaban J connectivity index is 1.86. The monoisotopic (exact) mass is 267 g/mol. The van der Waals surface area contributed by atoms with Crippen molar-refractivity contribution >= 4 is 17.3 Å². The van der Waals surface area contributed by atoms with Crippen LogP contribution in [0.1, 0.15) is 33.5 Å². The summed E-state index contributed by atoms with van der Waals surface area (Å²) in [7, 11) is 0. The Kier molecular flexibility index (Phi) is 3.18. The van der Waals surface area contributed by atoms with Crippen molar-refractivity contribution in [2.24, 2.45) is 0 Å². The lowest BCUT2D eigenvalue weighted by molar-refractivity contribution is 0.0697. The van der Waals surface area contributed by atoms with Crippen molar-refractivity contribution in [3.63, 3.8) is 0 Å². The van der Waals surface area contributed by atoms with Crippen LogP contribution >= 0.6 is 0 Å². The van der Waals surface area contributed by atoms with E-state index in [9.17, 15) is 4.79 Å². The van der Waals surface area contributed by atoms with E-state index in [1.165, 1.54) is 24.0 Å². The molecule has 2 N–H and O–H groups in total. The molecule has 0 aromatic heterocycles. The Labute approximate surface area is 118 Å². The normalized spacial score (nSPS) is 13.1. The second-order valence-corrected chi connectivity index (χ2v) is 5.30. The first-order valence-electron chi connectivity index (χ1n) is 6.86. The molecule has 20 heavy (non-hydrogen) atoms. The zero-order valence-electron chi connectivity index (χ0n) is 11.4. The number of fused-ring (bicyclic) bond motifs is 1. The van der Waals surface area contributed by atoms with Gasteiger partial charge in [0.2, 0.25) is 0 Å². The highest BCUT2D eigenvalue weighted by Crippen LogP contribution is 2.27. The first kappa shape index (κ1) is 12.7. The fourth-order valence-electron chi connectivity index (χ4n) is 2.74. The smallest absolute Gasteiger partial charge is 0.335 e. The van der Waals surface area contributed by atoms with Crippen LogP contribution in [0.2, 0.25) is 0 Å². The molecular weight excluding hydrogens is 250 g/mol. The van der Waals surface area contributed by atoms with Gasteiger partial charge in [-0.3, -0.25) is 0 Å². The molecule has 0 saturated carbocycles. The molecule has 0 radical (unpaired) electrons. The summed E-state index contributed by atoms with van der Waals surface area (Å²) < 4.78 is 0. The van der Waals surface area contributed by atoms with Crippen molar-refractivity contribution < 1.29 is 9.90 Å². The Morgan fingerprint density at radius 2 is 1.90 bits per heavy atom. The SMILES string of the molecule is Cc1cc(C(=O)O)ccc1Nc1ccc2c(c1)CCC2. The van der Waals surface area contributed by atoms with Crippen LogP contribution in [0.4, 0.5) is 11.4 Å². The number of carboxylic acids is 1. The minimum atomic E-state index is -0.891. The Hall–Kier alpha value is -2.29. The lowest BCUT2D eigenvalue weighted by Crippen LogP contribution is -1.99. The van der Waals surface area contributed by atoms with Gasteiger partial charge in [0.1, 0.15) is 0 Å². The average Bonchev–Trinajstić information content (AvgIpc) is 2.88. The number of anilines is 2. The van der Waals surface area contributed by atoms with Crippen LogP contribution in [-0.4, -0.2) is 11.1 Å². The number of hydrogen-bond acceptors (Lipinski definition) is 2. The molecule has 102 valence electrons. The lowest BCUT2D eigenvalue weighted by atomic mass is 10.1. The van der Waals surface area contributed by atoms with E-state index in [1.54, 1.807) is 12.1 Å². The van der Waals surface area contributed by atoms with E-state index in [1.807, 2.05) is 13.0 Å². The van der Waals surface area contributed by atoms with Gasteiger partial charge in [0.15, 0.2) is 0 Å². The molecule has 0 unspecified atom stereocenters. The van der Waals surface area contributed by atoms with Crippen LogP contribution < -0.4 is 5.32 Å². The third kappa shape index (κ3) is 2.39. The van der Waals surface area contributed by atoms with Crippen molar-refractivity contribution in [3.05, 3.63) is 58.7 Å². The molecule has 2 aromatic rings. The molecule has 0 fully saturated rings. The predicted molar refractivity (Wildman–Crippen MR) is 79.9 cm³/mol. The van der Waals surface area contributed by atoms with Gasteiger partial charge in [0, 0.05) is 11.4 Å². The van der Waals surface area contributed by atoms with E-state index in [0.29, 0.717) is 5.56 Å². The Bertz CT molecular complexity index is 677. The number of aromatic carboxylic acids is 1. The van der Waals surface area contributed by atoms with Crippen LogP contribution in [0, 0.1) is 6.92 Å². The Morgan fingerprint density at radius 1 is 1.10 bits per heavy atom. The third-order valence-electron chi connectivity index (χ3n) is 3.85. The largest absolute Gasteiger partial charge is 0.478 e. The summed E-state index contributed by atoms with van der Waals surface area (Å²) in [4.78, 5) is 10.9. The molecule has 2 aromatic carbocycles. The molecule has 0 saturated heterocycles. The summed E-state index contributed by atoms with van der Waals surface area (Å²) in [5.41, 5.74) is 6.15. The third-order valence-corrected chi connectivity index (χ3v) is 3.85. The zero-order chi connectivity index (χ0) is 14.1. The molecular formula is C17H17NO2. The quantitative estimate of drug-likeness (QED) is 0.886. The first-order chi connectivity index (χ1) is 9.63. The van der Waals surface area contributed by atoms with E-state index < -0.39 is 5.97 Å². The Morgan fingerprint density at radius 3 is 2.65 bits per heavy atom. The molecule has 0 bridgehead atoms. The highest BCUT2D eigenvalue weighted by atomic mass is 16.4. The van der Waals surface area contributed by atoms with Crippen molar-refractivity contribution in [2.45, 2.75) is 26.2 Å². The number of rotatable bonds is 3. The maximum atomic E-state index is 10.9. The highest BCUT2D eigenvalue weighted by molar-refractivity contribution is 5.88. The van der Waals surface area contributed by atoms with Gasteiger partial charge >= 0.3 is 5.97 Å². The lowest BCUT2D eigenvalue weighted by Gasteiger charge is -2.11. The van der Waals surface area contributed by atoms with Crippen molar-refractivity contribution in [2.75, 3.05) is 5.32 Å². The van der Waals surface area contributed by atoms with Gasteiger partial charge in [-0.1, -0.05) is 6.07 Å². The minimum Gasteiger partial charge on any atom is -0.478 e. The maximum absolute atomic E-state index is 10.9. The predicted octanol–water partition coefficient (Wildman–Crippen LogP) is 3.93. The van der Waals surface area contributed by atoms with Crippen LogP contribution in [-0.2, 0) is 12.8 Å². The molecule has 3 rings (SSSR count). The fourth-order valence-corrected chi connectivity index (χ4v) is 2.74. The maximum Gasteiger partial charge on any atom is 0.335 e. The molecule has 0 aliphatic heterocycles. The summed E-state index contributed by atoms with van der Waals surface area (Å²) in [6.45, 7) is 1.92. The molecule has 1 aliphatic carbocycles. The summed E-state index contributed by atoms with van der Waals surface area (Å²) in [6.07, 6.45) is 3.58. The van der Waals surface area contributed by atoms with Gasteiger partial charge in [-0.15, -0.1) is 0 Å². The van der Waals surface area contributed by atoms with E-state index in [0.717, 1.165) is 23.4 Å². The molecule has 0 spiro atoms. The second-order valence-electron chi connectivity index (χ2n) is 5.30. The van der Waals surface area contributed by atoms with Gasteiger partial charge in [0.25, 0.3) is 0 Å². The molecule has 1 aliphatic rings. The molecule has 0 atom stereocenters. The topological polar surface area (TPSA) is 49.3 Å². The van der Waals surface area contributed by atoms with Gasteiger partial charge in [0.05, 0.1) is 5.56 Å². The van der Waals surface area contributed by atoms with Gasteiger partial charge < -0.3 is 10.4 Å². The van der Waals surface area contributed by atoms with Crippen LogP contribution in [0.3, 0.4) is 0 Å². The molecule has 3 heteroatoms. The van der Waals surface area contributed by atoms with E-state index in [2.05, 4.69) is 23.5 Å². The number of aryl methyl sites for hydroxylation is 3. The first-order valence-corrected chi connectivity index (χ1v) is 6.86. The average molecular weight is 267 g/mol. The number of nitrogens with one attached hydrogen (secondary N) is 1. The molecule has 0 heterocycles. The van der Waals surface area contributed by atoms with Crippen molar-refractivity contribution in [1.29, 1.82) is 0 Å². The number of hydrogen-bond donors (Lipinski definition) is 2. The molecule has 0 amide bonds. The van der Waals surface area contributed by atoms with Crippen molar-refractivity contribution in [1.82, 2.24) is 0 Å². The number of carbonyl (C=O) groups is 1. The molecule has 3 nitrogen and oxygen atoms in total. The van der Waals surface area contributed by atoms with Gasteiger partial charge in [-0.05, 0) is 73.2 Å². The van der Waals surface area contributed by atoms with Gasteiger partial charge in [-0.2, -0.15) is 0 Å². The van der Waals surface area contributed by atoms with Crippen LogP contribution in [0.15, 0.2) is 36.4 Å².